The highest BCUT2D eigenvalue weighted by Gasteiger charge is 2.32. The number of hydrogen-bond donors (Lipinski definition) is 0. The van der Waals surface area contributed by atoms with Crippen molar-refractivity contribution in [1.29, 1.82) is 0 Å². The number of hydrogen-bond acceptors (Lipinski definition) is 8. The summed E-state index contributed by atoms with van der Waals surface area (Å²) in [6.45, 7) is 19.5. The number of halogens is 2. The van der Waals surface area contributed by atoms with Crippen molar-refractivity contribution < 1.29 is 52.6 Å². The third-order valence-electron chi connectivity index (χ3n) is 19.4. The molecule has 0 saturated carbocycles. The number of carbonyl (C=O) groups excluding carboxylic acids is 1. The summed E-state index contributed by atoms with van der Waals surface area (Å²) in [6.07, 6.45) is 7.84. The molecule has 0 aliphatic carbocycles. The Morgan fingerprint density at radius 3 is 0.971 bits per heavy atom. The van der Waals surface area contributed by atoms with Crippen LogP contribution < -0.4 is 34.0 Å². The number of rotatable bonds is 11. The van der Waals surface area contributed by atoms with Crippen molar-refractivity contribution in [1.82, 2.24) is 34.1 Å². The number of quaternary nitrogens is 2. The number of benzene rings is 8. The molecule has 6 aliphatic heterocycles. The average molecular weight is 1620 g/mol. The second-order valence-corrected chi connectivity index (χ2v) is 37.4. The third-order valence-corrected chi connectivity index (χ3v) is 28.8. The Bertz CT molecular complexity index is 3340. The van der Waals surface area contributed by atoms with Crippen molar-refractivity contribution in [2.24, 2.45) is 7.05 Å². The Balaban J connectivity index is 0.000000190. The predicted molar refractivity (Wildman–Crippen MR) is 442 cm³/mol. The molecule has 8 aromatic carbocycles. The summed E-state index contributed by atoms with van der Waals surface area (Å²) in [5, 5.41) is 3.46. The summed E-state index contributed by atoms with van der Waals surface area (Å²) in [5.74, 6) is 6.49. The first-order chi connectivity index (χ1) is 49.4. The molecule has 15 rings (SSSR count). The van der Waals surface area contributed by atoms with E-state index in [4.69, 9.17) is 4.84 Å². The minimum atomic E-state index is -0.0146. The van der Waals surface area contributed by atoms with Crippen LogP contribution in [0.2, 0.25) is 0 Å². The highest BCUT2D eigenvalue weighted by Crippen LogP contribution is 2.33. The number of hydroxylamine groups is 2. The number of aromatic nitrogens is 1. The number of Topliss-reactive ketones (excluding diaryl/α,β-unsaturated/α-hetero) is 1. The van der Waals surface area contributed by atoms with E-state index in [1.807, 2.05) is 35.4 Å². The first-order valence-corrected chi connectivity index (χ1v) is 42.8. The normalized spacial score (nSPS) is 17.8. The molecule has 0 radical (unpaired) electrons. The molecule has 0 atom stereocenters. The number of ketones is 1. The lowest BCUT2D eigenvalue weighted by Crippen LogP contribution is -3.00. The monoisotopic (exact) mass is 1610 g/mol. The lowest BCUT2D eigenvalue weighted by molar-refractivity contribution is -0.894. The van der Waals surface area contributed by atoms with Gasteiger partial charge in [-0.05, 0) is 157 Å². The minimum absolute atomic E-state index is 0. The lowest BCUT2D eigenvalue weighted by atomic mass is 10.2. The first-order valence-electron chi connectivity index (χ1n) is 37.0. The number of carbonyl (C=O) groups is 1. The van der Waals surface area contributed by atoms with E-state index >= 15 is 0 Å². The van der Waals surface area contributed by atoms with Crippen LogP contribution in [-0.4, -0.2) is 253 Å². The molecule has 0 spiro atoms. The highest BCUT2D eigenvalue weighted by atomic mass is 79.9. The zero-order valence-electron chi connectivity index (χ0n) is 64.5. The van der Waals surface area contributed by atoms with Crippen molar-refractivity contribution in [3.05, 3.63) is 248 Å². The molecule has 1 aromatic heterocycles. The predicted octanol–water partition coefficient (Wildman–Crippen LogP) is 8.48. The molecular weight excluding hydrogens is 1490 g/mol. The maximum atomic E-state index is 11.8. The Hall–Kier alpha value is -5.03. The van der Waals surface area contributed by atoms with Gasteiger partial charge in [0.25, 0.3) is 0 Å². The van der Waals surface area contributed by atoms with E-state index < -0.39 is 0 Å². The van der Waals surface area contributed by atoms with E-state index in [1.54, 1.807) is 12.0 Å². The fraction of sp³-hybridized carbons (Fsp3) is 0.414. The molecule has 6 fully saturated rings. The molecule has 11 nitrogen and oxygen atoms in total. The van der Waals surface area contributed by atoms with E-state index in [9.17, 15) is 4.79 Å². The molecule has 6 saturated heterocycles. The SMILES string of the molecule is CN1CCN(C)CC1.CN1CC[N+](C)(C)CC1.CN1CC[N+](C)(C)CC1.CON1CCN(C)CC1.Cn1cc([S+]2CCCC2)c2ccccc21.O=C(C[S+]1CCCC1)c1ccccc1.[Br-].[Br-].c1ccc([S+](c2ccccc2)c2ccccc2)cc1.c1ccc([S+](c2ccccc2)c2ccccc2)cc1. The van der Waals surface area contributed by atoms with Crippen LogP contribution in [0, 0.1) is 0 Å². The van der Waals surface area contributed by atoms with Crippen LogP contribution in [0.15, 0.2) is 277 Å². The summed E-state index contributed by atoms with van der Waals surface area (Å²) in [5.41, 5.74) is 2.26. The van der Waals surface area contributed by atoms with E-state index in [2.05, 4.69) is 312 Å². The first kappa shape index (κ1) is 87.9. The van der Waals surface area contributed by atoms with Gasteiger partial charge in [-0.25, -0.2) is 0 Å². The van der Waals surface area contributed by atoms with Crippen LogP contribution in [0.1, 0.15) is 36.0 Å². The zero-order chi connectivity index (χ0) is 72.4. The van der Waals surface area contributed by atoms with Crippen LogP contribution in [0.4, 0.5) is 0 Å². The molecule has 562 valence electrons. The molecule has 0 unspecified atom stereocenters. The summed E-state index contributed by atoms with van der Waals surface area (Å²) >= 11 is 0. The fourth-order valence-corrected chi connectivity index (χ4v) is 21.4. The molecule has 104 heavy (non-hydrogen) atoms. The van der Waals surface area contributed by atoms with E-state index in [-0.39, 0.29) is 55.8 Å². The van der Waals surface area contributed by atoms with Crippen LogP contribution in [0.3, 0.4) is 0 Å². The molecule has 6 aliphatic rings. The van der Waals surface area contributed by atoms with Gasteiger partial charge in [0.15, 0.2) is 40.0 Å². The summed E-state index contributed by atoms with van der Waals surface area (Å²) in [7, 11) is 24.8. The Morgan fingerprint density at radius 2 is 0.654 bits per heavy atom. The van der Waals surface area contributed by atoms with E-state index in [0.717, 1.165) is 37.5 Å². The van der Waals surface area contributed by atoms with Gasteiger partial charge in [0.2, 0.25) is 5.78 Å². The molecule has 9 aromatic rings. The van der Waals surface area contributed by atoms with Crippen LogP contribution in [-0.2, 0) is 55.5 Å². The van der Waals surface area contributed by atoms with Gasteiger partial charge < -0.3 is 67.0 Å². The van der Waals surface area contributed by atoms with Crippen molar-refractivity contribution in [2.75, 3.05) is 204 Å². The Kier molecular flexibility index (Phi) is 40.3. The number of para-hydroxylation sites is 1. The van der Waals surface area contributed by atoms with E-state index in [0.29, 0.717) is 27.6 Å². The minimum Gasteiger partial charge on any atom is -1.00 e. The number of piperazine rings is 4. The standard InChI is InChI=1S/2C18H15S.C13H16NS.C12H15OS.2C7H17N2.C6H14N2O.C6H14N2.2BrH/c2*1-4-10-16(11-5-1)19(17-12-6-2-7-13-17)18-14-8-3-9-15-18;1-14-10-13(15-8-4-5-9-15)11-6-2-3-7-12(11)14;13-12(10-14-8-4-5-9-14)11-6-2-1-3-7-11;2*1-8-4-6-9(2,3)7-5-8;1-7-3-5-8(9-2)6-4-7;1-7-3-5-8(2)6-4-7;;/h2*1-15H;2-3,6-7,10H,4-5,8-9H2,1H3;1-3,6-7H,4-5,8-10H2;2*4-7H2,1-3H3;3-6H2,1-2H3;3-6H2,1-2H3;2*1H/q6*+1;;;;/p-2. The average Bonchev–Trinajstić information content (AvgIpc) is 1.63. The second-order valence-electron chi connectivity index (χ2n) is 28.8. The molecule has 7 heterocycles. The highest BCUT2D eigenvalue weighted by molar-refractivity contribution is 7.98. The molecular formula is C87H123Br2N9O2S4+4. The fourth-order valence-electron chi connectivity index (χ4n) is 12.4. The summed E-state index contributed by atoms with van der Waals surface area (Å²) < 4.78 is 4.67. The number of nitrogens with zero attached hydrogens (tertiary/aromatic N) is 9. The number of fused-ring (bicyclic) bond motifs is 1. The number of likely N-dealkylation sites (N-methyl/N-ethyl adjacent to an activating group) is 7. The second kappa shape index (κ2) is 47.7. The van der Waals surface area contributed by atoms with Crippen LogP contribution >= 0.6 is 0 Å². The summed E-state index contributed by atoms with van der Waals surface area (Å²) in [4.78, 5) is 38.4. The molecule has 0 bridgehead atoms. The van der Waals surface area contributed by atoms with Gasteiger partial charge >= 0.3 is 0 Å². The lowest BCUT2D eigenvalue weighted by Gasteiger charge is -2.37. The maximum absolute atomic E-state index is 11.8. The van der Waals surface area contributed by atoms with Gasteiger partial charge in [-0.15, -0.1) is 0 Å². The van der Waals surface area contributed by atoms with Crippen molar-refractivity contribution >= 4 is 60.3 Å². The van der Waals surface area contributed by atoms with Crippen molar-refractivity contribution in [3.8, 4) is 0 Å². The largest absolute Gasteiger partial charge is 1.00 e. The van der Waals surface area contributed by atoms with E-state index in [1.165, 1.54) is 176 Å². The number of aryl methyl sites for hydroxylation is 1. The summed E-state index contributed by atoms with van der Waals surface area (Å²) in [6, 6.07) is 82.7. The molecule has 0 amide bonds. The van der Waals surface area contributed by atoms with Crippen LogP contribution in [0.25, 0.3) is 10.9 Å². The Labute approximate surface area is 661 Å². The van der Waals surface area contributed by atoms with Gasteiger partial charge in [-0.2, -0.15) is 5.06 Å². The topological polar surface area (TPSA) is 50.7 Å². The van der Waals surface area contributed by atoms with Crippen molar-refractivity contribution in [3.63, 3.8) is 0 Å². The van der Waals surface area contributed by atoms with Gasteiger partial charge in [0.05, 0.1) is 100 Å². The molecule has 17 heteroatoms. The quantitative estimate of drug-likeness (QED) is 0.0728. The van der Waals surface area contributed by atoms with Gasteiger partial charge in [0, 0.05) is 102 Å². The Morgan fingerprint density at radius 1 is 0.375 bits per heavy atom. The van der Waals surface area contributed by atoms with Gasteiger partial charge in [-0.3, -0.25) is 14.6 Å². The maximum Gasteiger partial charge on any atom is 0.211 e. The van der Waals surface area contributed by atoms with Gasteiger partial charge in [0.1, 0.15) is 23.0 Å². The molecule has 0 N–H and O–H groups in total. The van der Waals surface area contributed by atoms with Crippen molar-refractivity contribution in [2.45, 2.75) is 60.0 Å². The van der Waals surface area contributed by atoms with Gasteiger partial charge in [-0.1, -0.05) is 152 Å². The van der Waals surface area contributed by atoms with Crippen LogP contribution in [0.5, 0.6) is 0 Å². The smallest absolute Gasteiger partial charge is 0.211 e. The third kappa shape index (κ3) is 30.9. The zero-order valence-corrected chi connectivity index (χ0v) is 70.9.